The van der Waals surface area contributed by atoms with Gasteiger partial charge in [0.2, 0.25) is 17.5 Å². The third-order valence-corrected chi connectivity index (χ3v) is 15.9. The number of halogens is 1. The van der Waals surface area contributed by atoms with Crippen molar-refractivity contribution in [1.82, 2.24) is 29.6 Å². The number of amides is 4. The van der Waals surface area contributed by atoms with Gasteiger partial charge < -0.3 is 19.2 Å². The van der Waals surface area contributed by atoms with Crippen LogP contribution >= 0.6 is 0 Å². The van der Waals surface area contributed by atoms with Crippen LogP contribution in [0.2, 0.25) is 0 Å². The SMILES string of the molecule is O=C(C1CC1)N1CCC(CN2C(=O)C3(CC3)N=C2c2c[n+](C3CC3C(=O)N3CC(CN4C(=O)C5(CC5)N=C4c4ccc(-c5ccc6[nH]ccc6c5)c(F)c4)C3)c(-c3ccc4occc4c3)cn2)C1. The van der Waals surface area contributed by atoms with Crippen LogP contribution in [0.5, 0.6) is 0 Å². The lowest BCUT2D eigenvalue weighted by atomic mass is 9.97. The molecule has 4 saturated carbocycles. The molecule has 0 bridgehead atoms. The number of likely N-dealkylation sites (tertiary alicyclic amines) is 2. The molecule has 3 aromatic heterocycles. The predicted octanol–water partition coefficient (Wildman–Crippen LogP) is 6.29. The first kappa shape index (κ1) is 40.1. The van der Waals surface area contributed by atoms with Crippen LogP contribution in [-0.2, 0) is 19.2 Å². The number of carbonyl (C=O) groups excluding carboxylic acids is 4. The molecular weight excluding hydrogens is 862 g/mol. The van der Waals surface area contributed by atoms with E-state index in [1.807, 2.05) is 81.8 Å². The van der Waals surface area contributed by atoms with Crippen LogP contribution in [0.15, 0.2) is 106 Å². The molecule has 15 heteroatoms. The standard InChI is InChI=1S/C53H49FN9O5/c54-40-21-37(3-6-38(40)33-4-7-41-34(19-33)9-16-55-41)46-57-52(12-13-52)50(66)62(46)28-31-25-60(26-31)49(65)39-22-43(39)61-29-42(56-23-44(61)35-5-8-45-36(20-35)11-18-68-45)47-58-53(14-15-53)51(67)63(47)27-30-10-17-59(24-30)48(64)32-1-2-32/h3-9,11,16,18-21,23,29-32,39,43,55H,1-2,10,12-15,17,22,24-28H2/q+1. The third-order valence-electron chi connectivity index (χ3n) is 15.9. The predicted molar refractivity (Wildman–Crippen MR) is 248 cm³/mol. The van der Waals surface area contributed by atoms with E-state index in [1.165, 1.54) is 6.07 Å². The summed E-state index contributed by atoms with van der Waals surface area (Å²) >= 11 is 0. The third kappa shape index (κ3) is 6.47. The summed E-state index contributed by atoms with van der Waals surface area (Å²) in [6.45, 7) is 3.29. The maximum Gasteiger partial charge on any atom is 0.256 e. The van der Waals surface area contributed by atoms with E-state index in [0.29, 0.717) is 93.3 Å². The highest BCUT2D eigenvalue weighted by Crippen LogP contribution is 2.49. The number of amidine groups is 2. The molecular formula is C53H49FN9O5+. The summed E-state index contributed by atoms with van der Waals surface area (Å²) < 4.78 is 23.7. The number of carbonyl (C=O) groups is 4. The van der Waals surface area contributed by atoms with E-state index in [0.717, 1.165) is 64.5 Å². The average molecular weight is 911 g/mol. The Bertz CT molecular complexity index is 3250. The Morgan fingerprint density at radius 3 is 2.26 bits per heavy atom. The van der Waals surface area contributed by atoms with E-state index in [9.17, 15) is 19.2 Å². The van der Waals surface area contributed by atoms with E-state index >= 15 is 4.39 Å². The zero-order valence-corrected chi connectivity index (χ0v) is 37.4. The number of fused-ring (bicyclic) bond motifs is 2. The van der Waals surface area contributed by atoms with Gasteiger partial charge in [-0.05, 0) is 110 Å². The Balaban J connectivity index is 0.694. The van der Waals surface area contributed by atoms with Crippen molar-refractivity contribution in [3.8, 4) is 22.4 Å². The van der Waals surface area contributed by atoms with Gasteiger partial charge in [-0.1, -0.05) is 18.2 Å². The summed E-state index contributed by atoms with van der Waals surface area (Å²) in [5.74, 6) is 1.10. The van der Waals surface area contributed by atoms with Crippen LogP contribution < -0.4 is 4.57 Å². The number of hydrogen-bond donors (Lipinski definition) is 1. The lowest BCUT2D eigenvalue weighted by Gasteiger charge is -2.41. The molecule has 4 aliphatic carbocycles. The first-order chi connectivity index (χ1) is 33.1. The van der Waals surface area contributed by atoms with Gasteiger partial charge >= 0.3 is 0 Å². The minimum Gasteiger partial charge on any atom is -0.464 e. The van der Waals surface area contributed by atoms with E-state index in [1.54, 1.807) is 17.2 Å². The first-order valence-electron chi connectivity index (χ1n) is 24.3. The summed E-state index contributed by atoms with van der Waals surface area (Å²) in [4.78, 5) is 80.7. The Hall–Kier alpha value is -7.03. The number of aromatic nitrogens is 3. The normalized spacial score (nSPS) is 24.5. The van der Waals surface area contributed by atoms with Crippen molar-refractivity contribution < 1.29 is 32.6 Å². The number of rotatable bonds is 11. The van der Waals surface area contributed by atoms with Gasteiger partial charge in [-0.15, -0.1) is 0 Å². The van der Waals surface area contributed by atoms with E-state index < -0.39 is 11.1 Å². The number of aromatic amines is 1. The second-order valence-corrected chi connectivity index (χ2v) is 20.7. The Labute approximate surface area is 390 Å². The van der Waals surface area contributed by atoms with Gasteiger partial charge in [-0.25, -0.2) is 14.4 Å². The quantitative estimate of drug-likeness (QED) is 0.151. The van der Waals surface area contributed by atoms with E-state index in [-0.39, 0.29) is 59.2 Å². The molecule has 7 heterocycles. The fraction of sp³-hybridized carbons (Fsp3) is 0.396. The van der Waals surface area contributed by atoms with Crippen LogP contribution in [0, 0.1) is 29.5 Å². The van der Waals surface area contributed by atoms with Gasteiger partial charge in [0.15, 0.2) is 23.8 Å². The fourth-order valence-corrected chi connectivity index (χ4v) is 11.4. The topological polar surface area (TPSA) is 152 Å². The van der Waals surface area contributed by atoms with Crippen LogP contribution in [0.3, 0.4) is 0 Å². The number of hydrogen-bond acceptors (Lipinski definition) is 8. The highest BCUT2D eigenvalue weighted by molar-refractivity contribution is 6.17. The van der Waals surface area contributed by atoms with Crippen molar-refractivity contribution in [2.45, 2.75) is 68.5 Å². The minimum atomic E-state index is -0.758. The number of aliphatic imine (C=N–C) groups is 2. The lowest BCUT2D eigenvalue weighted by molar-refractivity contribution is -0.692. The maximum absolute atomic E-state index is 15.9. The summed E-state index contributed by atoms with van der Waals surface area (Å²) in [7, 11) is 0. The molecule has 3 unspecified atom stereocenters. The Morgan fingerprint density at radius 2 is 1.49 bits per heavy atom. The minimum absolute atomic E-state index is 0.0159. The Kier molecular flexibility index (Phi) is 8.54. The van der Waals surface area contributed by atoms with Gasteiger partial charge in [-0.3, -0.25) is 34.0 Å². The highest BCUT2D eigenvalue weighted by atomic mass is 19.1. The first-order valence-corrected chi connectivity index (χ1v) is 24.3. The molecule has 2 spiro atoms. The molecule has 6 fully saturated rings. The molecule has 4 aliphatic heterocycles. The summed E-state index contributed by atoms with van der Waals surface area (Å²) in [5, 5.41) is 1.96. The van der Waals surface area contributed by atoms with Gasteiger partial charge in [0, 0.05) is 91.3 Å². The zero-order valence-electron chi connectivity index (χ0n) is 37.4. The van der Waals surface area contributed by atoms with Crippen molar-refractivity contribution >= 4 is 57.2 Å². The molecule has 3 atom stereocenters. The van der Waals surface area contributed by atoms with Gasteiger partial charge in [-0.2, -0.15) is 4.57 Å². The van der Waals surface area contributed by atoms with Gasteiger partial charge in [0.1, 0.15) is 40.4 Å². The van der Waals surface area contributed by atoms with Crippen LogP contribution in [0.1, 0.15) is 68.7 Å². The maximum atomic E-state index is 15.9. The number of benzene rings is 3. The number of nitrogens with one attached hydrogen (secondary N) is 1. The average Bonchev–Trinajstić information content (AvgIpc) is 4.28. The molecule has 0 radical (unpaired) electrons. The smallest absolute Gasteiger partial charge is 0.256 e. The largest absolute Gasteiger partial charge is 0.464 e. The van der Waals surface area contributed by atoms with Crippen molar-refractivity contribution in [3.05, 3.63) is 109 Å². The number of furan rings is 1. The van der Waals surface area contributed by atoms with Crippen molar-refractivity contribution in [1.29, 1.82) is 0 Å². The van der Waals surface area contributed by atoms with Crippen LogP contribution in [0.25, 0.3) is 44.3 Å². The molecule has 14 nitrogen and oxygen atoms in total. The summed E-state index contributed by atoms with van der Waals surface area (Å²) in [6, 6.07) is 20.7. The second-order valence-electron chi connectivity index (χ2n) is 20.7. The molecule has 14 rings (SSSR count). The van der Waals surface area contributed by atoms with Gasteiger partial charge in [0.05, 0.1) is 6.26 Å². The van der Waals surface area contributed by atoms with Crippen LogP contribution in [0.4, 0.5) is 4.39 Å². The Morgan fingerprint density at radius 1 is 0.765 bits per heavy atom. The lowest BCUT2D eigenvalue weighted by Crippen LogP contribution is -2.56. The van der Waals surface area contributed by atoms with Crippen molar-refractivity contribution in [2.24, 2.45) is 33.7 Å². The highest BCUT2D eigenvalue weighted by Gasteiger charge is 2.60. The number of nitrogens with zero attached hydrogens (tertiary/aromatic N) is 8. The molecule has 342 valence electrons. The van der Waals surface area contributed by atoms with Crippen molar-refractivity contribution in [2.75, 3.05) is 39.3 Å². The monoisotopic (exact) mass is 910 g/mol. The van der Waals surface area contributed by atoms with Crippen LogP contribution in [-0.4, -0.2) is 115 Å². The summed E-state index contributed by atoms with van der Waals surface area (Å²) in [6.07, 6.45) is 13.6. The number of H-pyrrole nitrogens is 1. The molecule has 4 amide bonds. The molecule has 2 saturated heterocycles. The molecule has 6 aromatic rings. The fourth-order valence-electron chi connectivity index (χ4n) is 11.4. The molecule has 68 heavy (non-hydrogen) atoms. The molecule has 8 aliphatic rings. The summed E-state index contributed by atoms with van der Waals surface area (Å²) in [5.41, 5.74) is 4.48. The molecule has 3 aromatic carbocycles. The van der Waals surface area contributed by atoms with Gasteiger partial charge in [0.25, 0.3) is 11.8 Å². The van der Waals surface area contributed by atoms with E-state index in [2.05, 4.69) is 15.6 Å². The van der Waals surface area contributed by atoms with E-state index in [4.69, 9.17) is 19.4 Å². The van der Waals surface area contributed by atoms with Crippen molar-refractivity contribution in [3.63, 3.8) is 0 Å². The molecule has 1 N–H and O–H groups in total. The zero-order chi connectivity index (χ0) is 45.6. The second kappa shape index (κ2) is 14.5.